The van der Waals surface area contributed by atoms with Crippen LogP contribution >= 0.6 is 0 Å². The van der Waals surface area contributed by atoms with E-state index in [0.717, 1.165) is 0 Å². The maximum atomic E-state index is 8.74. The van der Waals surface area contributed by atoms with E-state index in [9.17, 15) is 0 Å². The summed E-state index contributed by atoms with van der Waals surface area (Å²) in [7, 11) is -4.67. The summed E-state index contributed by atoms with van der Waals surface area (Å²) in [4.78, 5) is 0. The molecule has 9 heteroatoms. The molecule has 0 heterocycles. The second-order valence-corrected chi connectivity index (χ2v) is 1.34. The van der Waals surface area contributed by atoms with Crippen molar-refractivity contribution in [3.8, 4) is 0 Å². The van der Waals surface area contributed by atoms with Crippen molar-refractivity contribution in [3.63, 3.8) is 0 Å². The van der Waals surface area contributed by atoms with E-state index in [1.165, 1.54) is 0 Å². The quantitative estimate of drug-likeness (QED) is 0.175. The second kappa shape index (κ2) is 11.7. The number of hydrogen-bond acceptors (Lipinski definition) is 4. The van der Waals surface area contributed by atoms with Crippen molar-refractivity contribution in [3.05, 3.63) is 0 Å². The Morgan fingerprint density at radius 2 is 1.11 bits per heavy atom. The van der Waals surface area contributed by atoms with Crippen molar-refractivity contribution in [2.45, 2.75) is 0 Å². The molecule has 0 unspecified atom stereocenters. The molecule has 0 atom stereocenters. The van der Waals surface area contributed by atoms with Crippen LogP contribution in [-0.2, 0) is 46.9 Å². The van der Waals surface area contributed by atoms with Gasteiger partial charge in [0.1, 0.15) is 0 Å². The van der Waals surface area contributed by atoms with Crippen molar-refractivity contribution in [1.29, 1.82) is 0 Å². The third kappa shape index (κ3) is 493. The summed E-state index contributed by atoms with van der Waals surface area (Å²) in [5, 5.41) is 0. The van der Waals surface area contributed by atoms with Crippen LogP contribution in [0, 0.1) is 0 Å². The molecule has 0 bridgehead atoms. The van der Waals surface area contributed by atoms with Gasteiger partial charge in [-0.05, 0) is 0 Å². The van der Waals surface area contributed by atoms with Crippen LogP contribution in [0.3, 0.4) is 0 Å². The fraction of sp³-hybridized carbons (Fsp3) is 0. The van der Waals surface area contributed by atoms with E-state index in [2.05, 4.69) is 11.7 Å². The van der Waals surface area contributed by atoms with Crippen LogP contribution in [0.4, 0.5) is 0 Å². The zero-order valence-electron chi connectivity index (χ0n) is 4.28. The molecule has 6 N–H and O–H groups in total. The molecule has 1 radical (unpaired) electrons. The van der Waals surface area contributed by atoms with Gasteiger partial charge in [0.2, 0.25) is 0 Å². The smallest absolute Gasteiger partial charge is 0.274 e. The molecule has 0 fully saturated rings. The molecule has 0 saturated heterocycles. The Balaban J connectivity index is -0.0000000286. The van der Waals surface area contributed by atoms with Gasteiger partial charge in [-0.3, -0.25) is 20.8 Å². The fourth-order valence-corrected chi connectivity index (χ4v) is 0. The molecule has 0 aliphatic rings. The van der Waals surface area contributed by atoms with Gasteiger partial charge < -0.3 is 0 Å². The molecule has 9 heavy (non-hydrogen) atoms. The zero-order valence-corrected chi connectivity index (χ0v) is 9.01. The van der Waals surface area contributed by atoms with Gasteiger partial charge in [0.05, 0.1) is 0 Å². The maximum Gasteiger partial charge on any atom is 0.394 e. The van der Waals surface area contributed by atoms with Crippen LogP contribution in [-0.4, -0.2) is 17.5 Å². The Hall–Kier alpha value is 0.933. The first-order valence-corrected chi connectivity index (χ1v) is 2.43. The van der Waals surface area contributed by atoms with Crippen molar-refractivity contribution < 1.29 is 54.1 Å². The Bertz CT molecular complexity index is 102. The Morgan fingerprint density at radius 3 is 1.11 bits per heavy atom. The molecule has 6 nitrogen and oxygen atoms in total. The minimum Gasteiger partial charge on any atom is -0.274 e. The number of nitrogens with two attached hydrogens (primary N) is 2. The SMILES string of the molecule is NN.O=S(=O)(O)O.[Cu].[Zn]. The minimum absolute atomic E-state index is 0. The maximum absolute atomic E-state index is 8.74. The van der Waals surface area contributed by atoms with Gasteiger partial charge in [-0.15, -0.1) is 0 Å². The molecular weight excluding hydrogens is 253 g/mol. The summed E-state index contributed by atoms with van der Waals surface area (Å²) < 4.78 is 31.6. The zero-order chi connectivity index (χ0) is 6.50. The van der Waals surface area contributed by atoms with E-state index in [1.807, 2.05) is 0 Å². The first-order chi connectivity index (χ1) is 3.00. The van der Waals surface area contributed by atoms with E-state index in [4.69, 9.17) is 17.5 Å². The molecular formula is H6CuN2O4SZn. The van der Waals surface area contributed by atoms with Gasteiger partial charge in [-0.2, -0.15) is 8.42 Å². The molecule has 59 valence electrons. The predicted molar refractivity (Wildman–Crippen MR) is 22.6 cm³/mol. The standard InChI is InChI=1S/Cu.H4N2.H2O4S.Zn/c;1-2;1-5(2,3)4;/h;1-2H2;(H2,1,2,3,4);. The number of rotatable bonds is 0. The van der Waals surface area contributed by atoms with Crippen LogP contribution in [0.2, 0.25) is 0 Å². The van der Waals surface area contributed by atoms with Gasteiger partial charge >= 0.3 is 10.4 Å². The Labute approximate surface area is 76.1 Å². The summed E-state index contributed by atoms with van der Waals surface area (Å²) in [6, 6.07) is 0. The summed E-state index contributed by atoms with van der Waals surface area (Å²) in [5.41, 5.74) is 0. The van der Waals surface area contributed by atoms with Crippen LogP contribution in [0.5, 0.6) is 0 Å². The first kappa shape index (κ1) is 22.5. The molecule has 0 aromatic heterocycles. The van der Waals surface area contributed by atoms with Gasteiger partial charge in [-0.25, -0.2) is 0 Å². The predicted octanol–water partition coefficient (Wildman–Crippen LogP) is -1.84. The molecule has 0 spiro atoms. The third-order valence-electron chi connectivity index (χ3n) is 0. The minimum atomic E-state index is -4.67. The molecule has 0 aromatic rings. The normalized spacial score (nSPS) is 7.11. The second-order valence-electron chi connectivity index (χ2n) is 0.448. The van der Waals surface area contributed by atoms with Gasteiger partial charge in [0.25, 0.3) is 0 Å². The van der Waals surface area contributed by atoms with Crippen molar-refractivity contribution >= 4 is 10.4 Å². The van der Waals surface area contributed by atoms with E-state index in [1.54, 1.807) is 0 Å². The van der Waals surface area contributed by atoms with Crippen molar-refractivity contribution in [1.82, 2.24) is 0 Å². The third-order valence-corrected chi connectivity index (χ3v) is 0. The topological polar surface area (TPSA) is 127 Å². The van der Waals surface area contributed by atoms with Crippen molar-refractivity contribution in [2.75, 3.05) is 0 Å². The summed E-state index contributed by atoms with van der Waals surface area (Å²) in [6.07, 6.45) is 0. The monoisotopic (exact) mass is 257 g/mol. The Kier molecular flexibility index (Phi) is 29.3. The van der Waals surface area contributed by atoms with Crippen LogP contribution < -0.4 is 11.7 Å². The van der Waals surface area contributed by atoms with Crippen molar-refractivity contribution in [2.24, 2.45) is 11.7 Å². The van der Waals surface area contributed by atoms with Crippen LogP contribution in [0.15, 0.2) is 0 Å². The number of hydrogen-bond donors (Lipinski definition) is 4. The van der Waals surface area contributed by atoms with Crippen LogP contribution in [0.25, 0.3) is 0 Å². The molecule has 0 saturated carbocycles. The molecule has 0 aliphatic carbocycles. The Morgan fingerprint density at radius 1 is 1.11 bits per heavy atom. The van der Waals surface area contributed by atoms with Crippen LogP contribution in [0.1, 0.15) is 0 Å². The van der Waals surface area contributed by atoms with Gasteiger partial charge in [-0.1, -0.05) is 0 Å². The first-order valence-electron chi connectivity index (χ1n) is 1.03. The van der Waals surface area contributed by atoms with E-state index < -0.39 is 10.4 Å². The average molecular weight is 259 g/mol. The van der Waals surface area contributed by atoms with E-state index >= 15 is 0 Å². The van der Waals surface area contributed by atoms with Gasteiger partial charge in [0, 0.05) is 36.5 Å². The fourth-order valence-electron chi connectivity index (χ4n) is 0. The molecule has 0 aromatic carbocycles. The largest absolute Gasteiger partial charge is 0.394 e. The average Bonchev–Trinajstić information content (AvgIpc) is 1.36. The van der Waals surface area contributed by atoms with E-state index in [0.29, 0.717) is 0 Å². The molecule has 0 amide bonds. The summed E-state index contributed by atoms with van der Waals surface area (Å²) in [5.74, 6) is 8.00. The van der Waals surface area contributed by atoms with E-state index in [-0.39, 0.29) is 36.5 Å². The molecule has 0 aliphatic heterocycles. The number of hydrazine groups is 1. The van der Waals surface area contributed by atoms with Gasteiger partial charge in [0.15, 0.2) is 0 Å². The summed E-state index contributed by atoms with van der Waals surface area (Å²) >= 11 is 0. The summed E-state index contributed by atoms with van der Waals surface area (Å²) in [6.45, 7) is 0. The molecule has 0 rings (SSSR count).